The van der Waals surface area contributed by atoms with Crippen molar-refractivity contribution in [1.29, 1.82) is 0 Å². The molecule has 0 radical (unpaired) electrons. The van der Waals surface area contributed by atoms with Crippen LogP contribution in [0.25, 0.3) is 5.76 Å². The van der Waals surface area contributed by atoms with E-state index in [1.807, 2.05) is 81.5 Å². The molecule has 0 spiro atoms. The standard InChI is InChI=1S/C30H31NO2/c1-8-12-13-28(11-4)33-29-19-14-22(5)30(20-29)32-24(7)27-17-15-25(16-18-27)21-31-23(6)26(9-2)10-3/h4,8-10,12-20,31H,2,6-7,21H2,1,3,5H3/b12-8-,26-10+,28-13+. The molecule has 0 saturated carbocycles. The van der Waals surface area contributed by atoms with Gasteiger partial charge in [0, 0.05) is 23.9 Å². The first-order valence-corrected chi connectivity index (χ1v) is 10.7. The minimum atomic E-state index is 0.420. The molecule has 3 nitrogen and oxygen atoms in total. The van der Waals surface area contributed by atoms with Gasteiger partial charge in [-0.1, -0.05) is 74.4 Å². The van der Waals surface area contributed by atoms with Crippen LogP contribution in [0.1, 0.15) is 30.5 Å². The molecular formula is C30H31NO2. The van der Waals surface area contributed by atoms with Gasteiger partial charge >= 0.3 is 0 Å². The molecule has 168 valence electrons. The van der Waals surface area contributed by atoms with Crippen molar-refractivity contribution in [2.45, 2.75) is 27.3 Å². The summed E-state index contributed by atoms with van der Waals surface area (Å²) in [6, 6.07) is 13.6. The number of benzene rings is 2. The summed E-state index contributed by atoms with van der Waals surface area (Å²) in [5.74, 6) is 4.75. The van der Waals surface area contributed by atoms with Crippen molar-refractivity contribution in [3.05, 3.63) is 126 Å². The maximum absolute atomic E-state index is 6.06. The van der Waals surface area contributed by atoms with E-state index in [1.165, 1.54) is 0 Å². The zero-order chi connectivity index (χ0) is 24.2. The first kappa shape index (κ1) is 25.1. The van der Waals surface area contributed by atoms with Gasteiger partial charge in [-0.2, -0.15) is 0 Å². The maximum Gasteiger partial charge on any atom is 0.177 e. The fraction of sp³-hybridized carbons (Fsp3) is 0.133. The van der Waals surface area contributed by atoms with Crippen molar-refractivity contribution in [3.8, 4) is 23.8 Å². The predicted molar refractivity (Wildman–Crippen MR) is 140 cm³/mol. The Hall–Kier alpha value is -4.16. The Balaban J connectivity index is 2.07. The quantitative estimate of drug-likeness (QED) is 0.228. The van der Waals surface area contributed by atoms with E-state index in [2.05, 4.69) is 31.0 Å². The Bertz CT molecular complexity index is 1140. The second-order valence-corrected chi connectivity index (χ2v) is 7.23. The van der Waals surface area contributed by atoms with E-state index in [-0.39, 0.29) is 0 Å². The van der Waals surface area contributed by atoms with Crippen molar-refractivity contribution < 1.29 is 9.47 Å². The summed E-state index contributed by atoms with van der Waals surface area (Å²) < 4.78 is 11.8. The van der Waals surface area contributed by atoms with E-state index in [1.54, 1.807) is 12.2 Å². The lowest BCUT2D eigenvalue weighted by atomic mass is 10.1. The number of hydrogen-bond acceptors (Lipinski definition) is 3. The molecule has 2 rings (SSSR count). The molecule has 0 heterocycles. The van der Waals surface area contributed by atoms with Crippen molar-refractivity contribution in [2.24, 2.45) is 0 Å². The molecule has 2 aromatic rings. The largest absolute Gasteiger partial charge is 0.457 e. The van der Waals surface area contributed by atoms with Crippen LogP contribution in [-0.2, 0) is 6.54 Å². The lowest BCUT2D eigenvalue weighted by Crippen LogP contribution is -2.13. The van der Waals surface area contributed by atoms with E-state index >= 15 is 0 Å². The van der Waals surface area contributed by atoms with Gasteiger partial charge in [0.15, 0.2) is 5.76 Å². The first-order chi connectivity index (χ1) is 15.9. The molecule has 33 heavy (non-hydrogen) atoms. The van der Waals surface area contributed by atoms with Crippen LogP contribution in [0, 0.1) is 19.3 Å². The molecule has 0 aliphatic rings. The molecule has 3 heteroatoms. The molecule has 1 N–H and O–H groups in total. The molecule has 0 amide bonds. The van der Waals surface area contributed by atoms with Gasteiger partial charge < -0.3 is 14.8 Å². The third-order valence-electron chi connectivity index (χ3n) is 4.86. The van der Waals surface area contributed by atoms with Gasteiger partial charge in [0.1, 0.15) is 17.3 Å². The third-order valence-corrected chi connectivity index (χ3v) is 4.86. The first-order valence-electron chi connectivity index (χ1n) is 10.7. The lowest BCUT2D eigenvalue weighted by molar-refractivity contribution is 0.443. The minimum absolute atomic E-state index is 0.420. The highest BCUT2D eigenvalue weighted by Gasteiger charge is 2.08. The van der Waals surface area contributed by atoms with Crippen LogP contribution in [0.3, 0.4) is 0 Å². The topological polar surface area (TPSA) is 30.5 Å². The smallest absolute Gasteiger partial charge is 0.177 e. The van der Waals surface area contributed by atoms with E-state index in [9.17, 15) is 0 Å². The number of hydrogen-bond donors (Lipinski definition) is 1. The number of ether oxygens (including phenoxy) is 2. The van der Waals surface area contributed by atoms with Crippen LogP contribution in [-0.4, -0.2) is 0 Å². The normalized spacial score (nSPS) is 11.6. The van der Waals surface area contributed by atoms with Crippen LogP contribution in [0.2, 0.25) is 0 Å². The predicted octanol–water partition coefficient (Wildman–Crippen LogP) is 7.25. The molecule has 0 atom stereocenters. The third kappa shape index (κ3) is 7.48. The van der Waals surface area contributed by atoms with Crippen molar-refractivity contribution >= 4 is 5.76 Å². The Kier molecular flexibility index (Phi) is 9.61. The summed E-state index contributed by atoms with van der Waals surface area (Å²) in [4.78, 5) is 0. The molecule has 0 fully saturated rings. The Morgan fingerprint density at radius 3 is 2.42 bits per heavy atom. The van der Waals surface area contributed by atoms with Crippen LogP contribution in [0.15, 0.2) is 110 Å². The van der Waals surface area contributed by atoms with Gasteiger partial charge in [-0.15, -0.1) is 6.42 Å². The van der Waals surface area contributed by atoms with Crippen LogP contribution in [0.5, 0.6) is 11.5 Å². The molecule has 0 unspecified atom stereocenters. The highest BCUT2D eigenvalue weighted by atomic mass is 16.5. The molecule has 0 aliphatic carbocycles. The summed E-state index contributed by atoms with van der Waals surface area (Å²) in [5, 5.41) is 3.31. The van der Waals surface area contributed by atoms with Gasteiger partial charge in [-0.25, -0.2) is 0 Å². The number of rotatable bonds is 11. The lowest BCUT2D eigenvalue weighted by Gasteiger charge is -2.14. The maximum atomic E-state index is 6.06. The summed E-state index contributed by atoms with van der Waals surface area (Å²) in [7, 11) is 0. The summed E-state index contributed by atoms with van der Waals surface area (Å²) in [6.07, 6.45) is 14.7. The Morgan fingerprint density at radius 1 is 1.09 bits per heavy atom. The van der Waals surface area contributed by atoms with Gasteiger partial charge in [-0.05, 0) is 55.5 Å². The highest BCUT2D eigenvalue weighted by Crippen LogP contribution is 2.29. The van der Waals surface area contributed by atoms with E-state index < -0.39 is 0 Å². The number of terminal acetylenes is 1. The molecule has 0 bridgehead atoms. The number of allylic oxidation sites excluding steroid dienone is 6. The summed E-state index contributed by atoms with van der Waals surface area (Å²) in [5.41, 5.74) is 4.80. The zero-order valence-corrected chi connectivity index (χ0v) is 19.7. The number of nitrogens with one attached hydrogen (secondary N) is 1. The second kappa shape index (κ2) is 12.6. The highest BCUT2D eigenvalue weighted by molar-refractivity contribution is 5.61. The second-order valence-electron chi connectivity index (χ2n) is 7.23. The van der Waals surface area contributed by atoms with E-state index in [4.69, 9.17) is 15.9 Å². The van der Waals surface area contributed by atoms with Crippen molar-refractivity contribution in [1.82, 2.24) is 5.32 Å². The van der Waals surface area contributed by atoms with Gasteiger partial charge in [-0.3, -0.25) is 0 Å². The summed E-state index contributed by atoms with van der Waals surface area (Å²) >= 11 is 0. The average molecular weight is 438 g/mol. The van der Waals surface area contributed by atoms with Gasteiger partial charge in [0.05, 0.1) is 0 Å². The number of aryl methyl sites for hydroxylation is 1. The van der Waals surface area contributed by atoms with E-state index in [0.29, 0.717) is 29.6 Å². The monoisotopic (exact) mass is 437 g/mol. The molecule has 0 aromatic heterocycles. The average Bonchev–Trinajstić information content (AvgIpc) is 2.83. The zero-order valence-electron chi connectivity index (χ0n) is 19.7. The van der Waals surface area contributed by atoms with E-state index in [0.717, 1.165) is 28.0 Å². The molecule has 0 aliphatic heterocycles. The Labute approximate surface area is 198 Å². The fourth-order valence-electron chi connectivity index (χ4n) is 2.90. The van der Waals surface area contributed by atoms with Crippen LogP contribution >= 0.6 is 0 Å². The molecule has 0 saturated heterocycles. The van der Waals surface area contributed by atoms with Gasteiger partial charge in [0.25, 0.3) is 0 Å². The molecule has 2 aromatic carbocycles. The minimum Gasteiger partial charge on any atom is -0.457 e. The van der Waals surface area contributed by atoms with Crippen molar-refractivity contribution in [2.75, 3.05) is 0 Å². The molecular weight excluding hydrogens is 406 g/mol. The van der Waals surface area contributed by atoms with Crippen LogP contribution < -0.4 is 14.8 Å². The Morgan fingerprint density at radius 2 is 1.82 bits per heavy atom. The summed E-state index contributed by atoms with van der Waals surface area (Å²) in [6.45, 7) is 18.4. The fourth-order valence-corrected chi connectivity index (χ4v) is 2.90. The van der Waals surface area contributed by atoms with Crippen LogP contribution in [0.4, 0.5) is 0 Å². The van der Waals surface area contributed by atoms with Crippen molar-refractivity contribution in [3.63, 3.8) is 0 Å². The van der Waals surface area contributed by atoms with Gasteiger partial charge in [0.2, 0.25) is 0 Å². The SMILES string of the molecule is C#C/C(=C\C=C/C)Oc1ccc(C)c(OC(=C)c2ccc(CNC(=C)/C(C=C)=C/C)cc2)c1.